The summed E-state index contributed by atoms with van der Waals surface area (Å²) in [6, 6.07) is 25.4. The quantitative estimate of drug-likeness (QED) is 0.370. The van der Waals surface area contributed by atoms with E-state index in [1.54, 1.807) is 0 Å². The number of carbonyl (C=O) groups is 1. The number of amides is 1. The number of rotatable bonds is 5. The van der Waals surface area contributed by atoms with Crippen molar-refractivity contribution >= 4 is 16.8 Å². The van der Waals surface area contributed by atoms with Crippen LogP contribution < -0.4 is 0 Å². The summed E-state index contributed by atoms with van der Waals surface area (Å²) in [6.07, 6.45) is 2.06. The number of fused-ring (bicyclic) bond motifs is 2. The predicted molar refractivity (Wildman–Crippen MR) is 127 cm³/mol. The predicted octanol–water partition coefficient (Wildman–Crippen LogP) is 6.50. The first-order valence-electron chi connectivity index (χ1n) is 11.2. The lowest BCUT2D eigenvalue weighted by molar-refractivity contribution is 0.0748. The second kappa shape index (κ2) is 7.73. The van der Waals surface area contributed by atoms with Crippen molar-refractivity contribution in [2.75, 3.05) is 6.54 Å². The van der Waals surface area contributed by atoms with Crippen molar-refractivity contribution in [3.8, 4) is 11.3 Å². The number of para-hydroxylation sites is 1. The largest absolute Gasteiger partial charge is 0.343 e. The molecule has 0 saturated heterocycles. The Morgan fingerprint density at radius 2 is 1.61 bits per heavy atom. The normalized spacial score (nSPS) is 15.6. The van der Waals surface area contributed by atoms with Crippen molar-refractivity contribution in [1.29, 1.82) is 0 Å². The molecule has 0 saturated carbocycles. The van der Waals surface area contributed by atoms with E-state index in [1.165, 1.54) is 33.3 Å². The van der Waals surface area contributed by atoms with E-state index in [1.807, 2.05) is 12.1 Å². The van der Waals surface area contributed by atoms with Gasteiger partial charge in [0.05, 0.1) is 11.7 Å². The number of aryl methyl sites for hydroxylation is 2. The lowest BCUT2D eigenvalue weighted by Crippen LogP contribution is -2.30. The van der Waals surface area contributed by atoms with Crippen LogP contribution in [0.3, 0.4) is 0 Å². The molecule has 0 spiro atoms. The molecule has 31 heavy (non-hydrogen) atoms. The Morgan fingerprint density at radius 3 is 2.39 bits per heavy atom. The topological polar surface area (TPSA) is 25.2 Å². The van der Waals surface area contributed by atoms with Gasteiger partial charge in [-0.15, -0.1) is 0 Å². The van der Waals surface area contributed by atoms with Crippen LogP contribution in [0.5, 0.6) is 0 Å². The lowest BCUT2D eigenvalue weighted by atomic mass is 9.93. The molecule has 1 aliphatic heterocycles. The van der Waals surface area contributed by atoms with Gasteiger partial charge in [-0.25, -0.2) is 0 Å². The first kappa shape index (κ1) is 19.6. The Labute approximate surface area is 183 Å². The van der Waals surface area contributed by atoms with Crippen molar-refractivity contribution in [1.82, 2.24) is 9.47 Å². The summed E-state index contributed by atoms with van der Waals surface area (Å²) in [5.74, 6) is 0.150. The third-order valence-corrected chi connectivity index (χ3v) is 6.56. The summed E-state index contributed by atoms with van der Waals surface area (Å²) in [5, 5.41) is 1.22. The highest BCUT2D eigenvalue weighted by atomic mass is 16.2. The molecule has 0 N–H and O–H groups in total. The molecule has 3 aromatic carbocycles. The molecule has 156 valence electrons. The van der Waals surface area contributed by atoms with Gasteiger partial charge >= 0.3 is 0 Å². The van der Waals surface area contributed by atoms with Gasteiger partial charge in [-0.2, -0.15) is 0 Å². The van der Waals surface area contributed by atoms with E-state index in [-0.39, 0.29) is 11.9 Å². The summed E-state index contributed by atoms with van der Waals surface area (Å²) < 4.78 is 2.29. The molecule has 3 nitrogen and oxygen atoms in total. The van der Waals surface area contributed by atoms with Crippen LogP contribution in [0.2, 0.25) is 0 Å². The summed E-state index contributed by atoms with van der Waals surface area (Å²) in [4.78, 5) is 15.5. The molecule has 1 atom stereocenters. The van der Waals surface area contributed by atoms with Gasteiger partial charge in [-0.1, -0.05) is 79.6 Å². The monoisotopic (exact) mass is 408 g/mol. The van der Waals surface area contributed by atoms with Gasteiger partial charge in [0.15, 0.2) is 0 Å². The van der Waals surface area contributed by atoms with Gasteiger partial charge in [0, 0.05) is 35.6 Å². The zero-order valence-corrected chi connectivity index (χ0v) is 18.4. The van der Waals surface area contributed by atoms with E-state index in [0.29, 0.717) is 0 Å². The van der Waals surface area contributed by atoms with Gasteiger partial charge in [0.1, 0.15) is 0 Å². The fourth-order valence-electron chi connectivity index (χ4n) is 5.00. The van der Waals surface area contributed by atoms with E-state index in [4.69, 9.17) is 0 Å². The third-order valence-electron chi connectivity index (χ3n) is 6.56. The second-order valence-electron chi connectivity index (χ2n) is 8.55. The smallest absolute Gasteiger partial charge is 0.255 e. The summed E-state index contributed by atoms with van der Waals surface area (Å²) >= 11 is 0. The van der Waals surface area contributed by atoms with Gasteiger partial charge in [-0.05, 0) is 36.6 Å². The standard InChI is InChI=1S/C28H28N2O/c1-4-5-18-30-27(21-10-6-7-11-22(21)28(30)31)25-23-12-8-9-13-24(23)29(3)26(25)20-16-14-19(2)15-17-20/h6-17,27H,4-5,18H2,1-3H3. The second-order valence-corrected chi connectivity index (χ2v) is 8.55. The molecule has 0 radical (unpaired) electrons. The third kappa shape index (κ3) is 3.07. The van der Waals surface area contributed by atoms with Crippen molar-refractivity contribution in [3.63, 3.8) is 0 Å². The van der Waals surface area contributed by atoms with Gasteiger partial charge in [0.25, 0.3) is 5.91 Å². The maximum atomic E-state index is 13.4. The summed E-state index contributed by atoms with van der Waals surface area (Å²) in [6.45, 7) is 5.06. The van der Waals surface area contributed by atoms with Crippen LogP contribution in [0, 0.1) is 6.92 Å². The Hall–Kier alpha value is -3.33. The maximum Gasteiger partial charge on any atom is 0.255 e. The van der Waals surface area contributed by atoms with Crippen molar-refractivity contribution in [2.24, 2.45) is 7.05 Å². The summed E-state index contributed by atoms with van der Waals surface area (Å²) in [5.41, 5.74) is 8.01. The molecule has 1 aliphatic rings. The minimum atomic E-state index is -0.0716. The van der Waals surface area contributed by atoms with Crippen LogP contribution in [-0.4, -0.2) is 21.9 Å². The Kier molecular flexibility index (Phi) is 4.90. The molecule has 3 heteroatoms. The van der Waals surface area contributed by atoms with Gasteiger partial charge in [-0.3, -0.25) is 4.79 Å². The van der Waals surface area contributed by atoms with E-state index in [2.05, 4.69) is 91.0 Å². The Morgan fingerprint density at radius 1 is 0.903 bits per heavy atom. The fraction of sp³-hybridized carbons (Fsp3) is 0.250. The number of aromatic nitrogens is 1. The minimum Gasteiger partial charge on any atom is -0.343 e. The highest BCUT2D eigenvalue weighted by Gasteiger charge is 2.40. The Balaban J connectivity index is 1.82. The van der Waals surface area contributed by atoms with Crippen LogP contribution >= 0.6 is 0 Å². The van der Waals surface area contributed by atoms with Crippen LogP contribution in [0.15, 0.2) is 72.8 Å². The highest BCUT2D eigenvalue weighted by molar-refractivity contribution is 6.02. The minimum absolute atomic E-state index is 0.0716. The van der Waals surface area contributed by atoms with Crippen molar-refractivity contribution < 1.29 is 4.79 Å². The molecular formula is C28H28N2O. The molecule has 4 aromatic rings. The summed E-state index contributed by atoms with van der Waals surface area (Å²) in [7, 11) is 2.14. The lowest BCUT2D eigenvalue weighted by Gasteiger charge is -2.27. The SMILES string of the molecule is CCCCN1C(=O)c2ccccc2C1c1c(-c2ccc(C)cc2)n(C)c2ccccc12. The van der Waals surface area contributed by atoms with Gasteiger partial charge < -0.3 is 9.47 Å². The van der Waals surface area contributed by atoms with E-state index in [0.717, 1.165) is 30.5 Å². The first-order valence-corrected chi connectivity index (χ1v) is 11.2. The fourth-order valence-corrected chi connectivity index (χ4v) is 5.00. The average molecular weight is 409 g/mol. The van der Waals surface area contributed by atoms with E-state index < -0.39 is 0 Å². The van der Waals surface area contributed by atoms with Crippen LogP contribution in [0.1, 0.15) is 52.9 Å². The average Bonchev–Trinajstić information content (AvgIpc) is 3.24. The maximum absolute atomic E-state index is 13.4. The first-order chi connectivity index (χ1) is 15.1. The molecule has 0 bridgehead atoms. The van der Waals surface area contributed by atoms with Crippen LogP contribution in [0.25, 0.3) is 22.2 Å². The molecule has 0 fully saturated rings. The molecular weight excluding hydrogens is 380 g/mol. The van der Waals surface area contributed by atoms with Crippen molar-refractivity contribution in [3.05, 3.63) is 95.1 Å². The zero-order valence-electron chi connectivity index (χ0n) is 18.4. The number of carbonyl (C=O) groups excluding carboxylic acids is 1. The zero-order chi connectivity index (χ0) is 21.5. The number of benzene rings is 3. The molecule has 2 heterocycles. The van der Waals surface area contributed by atoms with Crippen LogP contribution in [0.4, 0.5) is 0 Å². The Bertz CT molecular complexity index is 1270. The number of nitrogens with zero attached hydrogens (tertiary/aromatic N) is 2. The molecule has 1 aromatic heterocycles. The van der Waals surface area contributed by atoms with E-state index >= 15 is 0 Å². The number of hydrogen-bond donors (Lipinski definition) is 0. The number of hydrogen-bond acceptors (Lipinski definition) is 1. The van der Waals surface area contributed by atoms with Gasteiger partial charge in [0.2, 0.25) is 0 Å². The molecule has 0 aliphatic carbocycles. The molecule has 1 unspecified atom stereocenters. The van der Waals surface area contributed by atoms with Crippen molar-refractivity contribution in [2.45, 2.75) is 32.7 Å². The highest BCUT2D eigenvalue weighted by Crippen LogP contribution is 2.46. The van der Waals surface area contributed by atoms with E-state index in [9.17, 15) is 4.79 Å². The number of unbranched alkanes of at least 4 members (excludes halogenated alkanes) is 1. The van der Waals surface area contributed by atoms with Crippen LogP contribution in [-0.2, 0) is 7.05 Å². The molecule has 1 amide bonds. The molecule has 5 rings (SSSR count).